The Bertz CT molecular complexity index is 714. The highest BCUT2D eigenvalue weighted by Crippen LogP contribution is 2.23. The van der Waals surface area contributed by atoms with Gasteiger partial charge in [0.15, 0.2) is 0 Å². The minimum atomic E-state index is -0.233. The van der Waals surface area contributed by atoms with E-state index >= 15 is 0 Å². The van der Waals surface area contributed by atoms with Crippen LogP contribution in [0, 0.1) is 0 Å². The molecule has 6 heteroatoms. The van der Waals surface area contributed by atoms with Gasteiger partial charge in [-0.2, -0.15) is 0 Å². The molecule has 22 heavy (non-hydrogen) atoms. The first kappa shape index (κ1) is 15.2. The number of hydrogen-bond acceptors (Lipinski definition) is 3. The second-order valence-corrected chi connectivity index (χ2v) is 7.04. The van der Waals surface area contributed by atoms with Crippen LogP contribution >= 0.6 is 27.3 Å². The van der Waals surface area contributed by atoms with Crippen molar-refractivity contribution in [3.05, 3.63) is 56.2 Å². The number of carbonyl (C=O) groups excluding carboxylic acids is 2. The molecule has 4 nitrogen and oxygen atoms in total. The Hall–Kier alpha value is -1.66. The van der Waals surface area contributed by atoms with Crippen LogP contribution < -0.4 is 5.32 Å². The lowest BCUT2D eigenvalue weighted by atomic mass is 10.1. The summed E-state index contributed by atoms with van der Waals surface area (Å²) < 4.78 is 0.840. The molecule has 3 rings (SSSR count). The fourth-order valence-electron chi connectivity index (χ4n) is 2.46. The molecule has 1 aromatic heterocycles. The van der Waals surface area contributed by atoms with Gasteiger partial charge in [0.05, 0.1) is 6.54 Å². The third kappa shape index (κ3) is 3.39. The van der Waals surface area contributed by atoms with Crippen molar-refractivity contribution in [1.82, 2.24) is 10.2 Å². The smallest absolute Gasteiger partial charge is 0.251 e. The molecule has 1 aromatic carbocycles. The Morgan fingerprint density at radius 3 is 3.00 bits per heavy atom. The van der Waals surface area contributed by atoms with Crippen LogP contribution in [0.1, 0.15) is 20.8 Å². The number of nitrogens with zero attached hydrogens (tertiary/aromatic N) is 1. The largest absolute Gasteiger partial charge is 0.343 e. The van der Waals surface area contributed by atoms with E-state index in [1.165, 1.54) is 10.4 Å². The van der Waals surface area contributed by atoms with Gasteiger partial charge in [0.25, 0.3) is 5.91 Å². The summed E-state index contributed by atoms with van der Waals surface area (Å²) in [7, 11) is 0. The lowest BCUT2D eigenvalue weighted by Crippen LogP contribution is -2.42. The summed E-state index contributed by atoms with van der Waals surface area (Å²) in [4.78, 5) is 27.4. The third-order valence-electron chi connectivity index (χ3n) is 3.65. The summed E-state index contributed by atoms with van der Waals surface area (Å²) in [6.07, 6.45) is 0.901. The minimum absolute atomic E-state index is 0.0326. The molecule has 1 N–H and O–H groups in total. The van der Waals surface area contributed by atoms with Crippen molar-refractivity contribution >= 4 is 39.1 Å². The fourth-order valence-corrected chi connectivity index (χ4v) is 3.75. The maximum absolute atomic E-state index is 12.2. The number of thiophene rings is 1. The van der Waals surface area contributed by atoms with Crippen molar-refractivity contribution in [2.24, 2.45) is 0 Å². The van der Waals surface area contributed by atoms with Gasteiger partial charge in [-0.1, -0.05) is 22.0 Å². The molecule has 1 aliphatic rings. The SMILES string of the molecule is O=C(NCC(=O)N1CCc2sccc2C1)c1cccc(Br)c1. The Balaban J connectivity index is 1.56. The van der Waals surface area contributed by atoms with Gasteiger partial charge in [-0.05, 0) is 41.6 Å². The van der Waals surface area contributed by atoms with Crippen molar-refractivity contribution < 1.29 is 9.59 Å². The summed E-state index contributed by atoms with van der Waals surface area (Å²) >= 11 is 5.07. The van der Waals surface area contributed by atoms with Crippen LogP contribution in [0.25, 0.3) is 0 Å². The molecular formula is C16H15BrN2O2S. The first-order chi connectivity index (χ1) is 10.6. The van der Waals surface area contributed by atoms with E-state index < -0.39 is 0 Å². The van der Waals surface area contributed by atoms with Gasteiger partial charge in [0.2, 0.25) is 5.91 Å². The Kier molecular flexibility index (Phi) is 4.59. The van der Waals surface area contributed by atoms with E-state index in [9.17, 15) is 9.59 Å². The van der Waals surface area contributed by atoms with Gasteiger partial charge >= 0.3 is 0 Å². The lowest BCUT2D eigenvalue weighted by Gasteiger charge is -2.27. The van der Waals surface area contributed by atoms with E-state index in [1.807, 2.05) is 6.07 Å². The quantitative estimate of drug-likeness (QED) is 0.892. The number of fused-ring (bicyclic) bond motifs is 1. The summed E-state index contributed by atoms with van der Waals surface area (Å²) in [5.41, 5.74) is 1.77. The van der Waals surface area contributed by atoms with Crippen molar-refractivity contribution in [1.29, 1.82) is 0 Å². The van der Waals surface area contributed by atoms with E-state index in [2.05, 4.69) is 32.7 Å². The molecule has 0 saturated carbocycles. The van der Waals surface area contributed by atoms with Gasteiger partial charge in [-0.25, -0.2) is 0 Å². The van der Waals surface area contributed by atoms with E-state index in [-0.39, 0.29) is 18.4 Å². The molecule has 0 radical (unpaired) electrons. The van der Waals surface area contributed by atoms with Crippen LogP contribution in [0.4, 0.5) is 0 Å². The normalized spacial score (nSPS) is 13.6. The second-order valence-electron chi connectivity index (χ2n) is 5.13. The van der Waals surface area contributed by atoms with E-state index in [0.29, 0.717) is 12.1 Å². The molecule has 2 aromatic rings. The molecule has 0 atom stereocenters. The number of nitrogens with one attached hydrogen (secondary N) is 1. The van der Waals surface area contributed by atoms with Gasteiger partial charge in [0, 0.05) is 28.0 Å². The summed E-state index contributed by atoms with van der Waals surface area (Å²) in [5, 5.41) is 4.76. The van der Waals surface area contributed by atoms with E-state index in [4.69, 9.17) is 0 Å². The number of carbonyl (C=O) groups is 2. The average Bonchev–Trinajstić information content (AvgIpc) is 2.99. The van der Waals surface area contributed by atoms with Crippen molar-refractivity contribution in [2.45, 2.75) is 13.0 Å². The minimum Gasteiger partial charge on any atom is -0.343 e. The molecule has 0 bridgehead atoms. The molecule has 114 valence electrons. The van der Waals surface area contributed by atoms with Crippen LogP contribution in [0.5, 0.6) is 0 Å². The van der Waals surface area contributed by atoms with Crippen LogP contribution in [0.3, 0.4) is 0 Å². The van der Waals surface area contributed by atoms with Gasteiger partial charge < -0.3 is 10.2 Å². The zero-order chi connectivity index (χ0) is 15.5. The van der Waals surface area contributed by atoms with E-state index in [1.54, 1.807) is 34.4 Å². The van der Waals surface area contributed by atoms with Crippen LogP contribution in [-0.2, 0) is 17.8 Å². The van der Waals surface area contributed by atoms with Crippen molar-refractivity contribution in [2.75, 3.05) is 13.1 Å². The number of benzene rings is 1. The predicted octanol–water partition coefficient (Wildman–Crippen LogP) is 2.83. The zero-order valence-electron chi connectivity index (χ0n) is 11.8. The highest BCUT2D eigenvalue weighted by atomic mass is 79.9. The molecule has 0 unspecified atom stereocenters. The third-order valence-corrected chi connectivity index (χ3v) is 5.16. The first-order valence-electron chi connectivity index (χ1n) is 7.00. The highest BCUT2D eigenvalue weighted by Gasteiger charge is 2.21. The maximum Gasteiger partial charge on any atom is 0.251 e. The molecule has 0 saturated heterocycles. The number of amides is 2. The molecule has 0 aliphatic carbocycles. The highest BCUT2D eigenvalue weighted by molar-refractivity contribution is 9.10. The lowest BCUT2D eigenvalue weighted by molar-refractivity contribution is -0.131. The topological polar surface area (TPSA) is 49.4 Å². The average molecular weight is 379 g/mol. The Labute approximate surface area is 141 Å². The van der Waals surface area contributed by atoms with Crippen LogP contribution in [-0.4, -0.2) is 29.8 Å². The summed E-state index contributed by atoms with van der Waals surface area (Å²) in [6.45, 7) is 1.40. The number of hydrogen-bond donors (Lipinski definition) is 1. The van der Waals surface area contributed by atoms with Crippen LogP contribution in [0.2, 0.25) is 0 Å². The van der Waals surface area contributed by atoms with Crippen LogP contribution in [0.15, 0.2) is 40.2 Å². The van der Waals surface area contributed by atoms with Crippen molar-refractivity contribution in [3.8, 4) is 0 Å². The monoisotopic (exact) mass is 378 g/mol. The predicted molar refractivity (Wildman–Crippen MR) is 89.9 cm³/mol. The standard InChI is InChI=1S/C16H15BrN2O2S/c17-13-3-1-2-11(8-13)16(21)18-9-15(20)19-6-4-14-12(10-19)5-7-22-14/h1-3,5,7-8H,4,6,9-10H2,(H,18,21). The maximum atomic E-state index is 12.2. The Morgan fingerprint density at radius 2 is 2.18 bits per heavy atom. The zero-order valence-corrected chi connectivity index (χ0v) is 14.2. The number of rotatable bonds is 3. The summed E-state index contributed by atoms with van der Waals surface area (Å²) in [6, 6.07) is 9.18. The fraction of sp³-hybridized carbons (Fsp3) is 0.250. The second kappa shape index (κ2) is 6.62. The Morgan fingerprint density at radius 1 is 1.32 bits per heavy atom. The molecule has 2 amide bonds. The number of halogens is 1. The first-order valence-corrected chi connectivity index (χ1v) is 8.67. The molecule has 1 aliphatic heterocycles. The molecule has 0 spiro atoms. The molecule has 0 fully saturated rings. The summed E-state index contributed by atoms with van der Waals surface area (Å²) in [5.74, 6) is -0.275. The molecular weight excluding hydrogens is 364 g/mol. The van der Waals surface area contributed by atoms with E-state index in [0.717, 1.165) is 17.4 Å². The van der Waals surface area contributed by atoms with Gasteiger partial charge in [-0.15, -0.1) is 11.3 Å². The van der Waals surface area contributed by atoms with Gasteiger partial charge in [-0.3, -0.25) is 9.59 Å². The molecule has 2 heterocycles. The van der Waals surface area contributed by atoms with Crippen molar-refractivity contribution in [3.63, 3.8) is 0 Å². The van der Waals surface area contributed by atoms with Gasteiger partial charge in [0.1, 0.15) is 0 Å².